The smallest absolute Gasteiger partial charge is 0.363 e. The number of benzene rings is 2. The third-order valence-electron chi connectivity index (χ3n) is 4.78. The minimum atomic E-state index is -0.416. The molecule has 192 valence electrons. The molecule has 0 saturated carbocycles. The molecular weight excluding hydrogens is 541 g/mol. The van der Waals surface area contributed by atoms with E-state index in [0.29, 0.717) is 14.8 Å². The zero-order valence-corrected chi connectivity index (χ0v) is 24.0. The van der Waals surface area contributed by atoms with Gasteiger partial charge in [-0.2, -0.15) is 9.46 Å². The molecule has 2 aromatic carbocycles. The Morgan fingerprint density at radius 3 is 2.03 bits per heavy atom. The third-order valence-corrected chi connectivity index (χ3v) is 6.98. The Labute approximate surface area is 237 Å². The van der Waals surface area contributed by atoms with Crippen LogP contribution in [0.25, 0.3) is 0 Å². The van der Waals surface area contributed by atoms with E-state index < -0.39 is 5.97 Å². The van der Waals surface area contributed by atoms with Crippen molar-refractivity contribution >= 4 is 58.6 Å². The molecule has 5 nitrogen and oxygen atoms in total. The molecule has 4 rings (SSSR count). The van der Waals surface area contributed by atoms with Crippen molar-refractivity contribution in [3.63, 3.8) is 0 Å². The van der Waals surface area contributed by atoms with Gasteiger partial charge in [-0.05, 0) is 79.9 Å². The maximum atomic E-state index is 11.9. The van der Waals surface area contributed by atoms with Gasteiger partial charge in [-0.1, -0.05) is 91.7 Å². The summed E-state index contributed by atoms with van der Waals surface area (Å²) in [7, 11) is 0. The summed E-state index contributed by atoms with van der Waals surface area (Å²) >= 11 is 16.5. The van der Waals surface area contributed by atoms with E-state index in [1.165, 1.54) is 15.8 Å². The Balaban J connectivity index is 0.000000215. The quantitative estimate of drug-likeness (QED) is 0.152. The predicted octanol–water partition coefficient (Wildman–Crippen LogP) is 8.07. The molecule has 0 fully saturated rings. The van der Waals surface area contributed by atoms with Crippen molar-refractivity contribution in [2.45, 2.75) is 32.1 Å². The number of carbonyl (C=O) groups is 1. The lowest BCUT2D eigenvalue weighted by Crippen LogP contribution is -2.20. The Hall–Kier alpha value is -3.11. The van der Waals surface area contributed by atoms with Gasteiger partial charge in [0.15, 0.2) is 0 Å². The molecule has 1 N–H and O–H groups in total. The molecule has 0 bridgehead atoms. The van der Waals surface area contributed by atoms with Gasteiger partial charge < -0.3 is 10.0 Å². The van der Waals surface area contributed by atoms with Gasteiger partial charge in [-0.3, -0.25) is 0 Å². The summed E-state index contributed by atoms with van der Waals surface area (Å²) < 4.78 is 4.11. The van der Waals surface area contributed by atoms with Crippen molar-refractivity contribution in [2.75, 3.05) is 0 Å². The molecule has 9 heteroatoms. The first-order valence-electron chi connectivity index (χ1n) is 11.3. The van der Waals surface area contributed by atoms with Crippen LogP contribution in [0, 0.1) is 23.1 Å². The fourth-order valence-corrected chi connectivity index (χ4v) is 3.91. The molecule has 0 radical (unpaired) electrons. The van der Waals surface area contributed by atoms with Crippen molar-refractivity contribution in [2.24, 2.45) is 0 Å². The van der Waals surface area contributed by atoms with Gasteiger partial charge in [-0.15, -0.1) is 0 Å². The number of hydrogen-bond acceptors (Lipinski definition) is 7. The van der Waals surface area contributed by atoms with Crippen molar-refractivity contribution in [3.05, 3.63) is 123 Å². The predicted molar refractivity (Wildman–Crippen MR) is 160 cm³/mol. The highest BCUT2D eigenvalue weighted by Gasteiger charge is 2.09. The summed E-state index contributed by atoms with van der Waals surface area (Å²) in [5.41, 5.74) is 2.72. The Morgan fingerprint density at radius 1 is 0.865 bits per heavy atom. The van der Waals surface area contributed by atoms with E-state index in [9.17, 15) is 4.79 Å². The number of aryl methyl sites for hydroxylation is 2. The number of nitrogens with zero attached hydrogens (tertiary/aromatic N) is 2. The maximum absolute atomic E-state index is 11.9. The number of carbonyl (C=O) groups excluding carboxylic acids is 1. The average molecular weight is 569 g/mol. The Kier molecular flexibility index (Phi) is 12.9. The number of aromatic nitrogens is 2. The molecule has 0 aliphatic carbocycles. The SMILES string of the molecule is CCC(=S)Sc1ccccc1.Cc1ccc(C(=O)On2ccccc2=S)cc1C.On1ccccc1=S. The molecule has 0 unspecified atom stereocenters. The third kappa shape index (κ3) is 10.8. The lowest BCUT2D eigenvalue weighted by molar-refractivity contribution is 0.0452. The van der Waals surface area contributed by atoms with Crippen LogP contribution in [0.15, 0.2) is 102 Å². The standard InChI is InChI=1S/C14H13NO2S.C9H10S2.C5H5NOS/c1-10-6-7-12(9-11(10)2)14(16)17-15-8-4-3-5-13(15)18;1-2-9(10)11-8-6-4-3-5-7-8;7-6-4-2-1-3-5(6)8/h3-9H,1-2H3;3-7H,2H2,1H3;1-4,7H. The average Bonchev–Trinajstić information content (AvgIpc) is 2.90. The van der Waals surface area contributed by atoms with Crippen molar-refractivity contribution in [1.82, 2.24) is 9.46 Å². The second kappa shape index (κ2) is 15.9. The minimum Gasteiger partial charge on any atom is -0.428 e. The fourth-order valence-electron chi connectivity index (χ4n) is 2.61. The van der Waals surface area contributed by atoms with Gasteiger partial charge in [0.2, 0.25) is 0 Å². The molecule has 0 aliphatic rings. The normalized spacial score (nSPS) is 9.70. The van der Waals surface area contributed by atoms with Crippen molar-refractivity contribution < 1.29 is 14.8 Å². The molecule has 0 saturated heterocycles. The number of hydrogen-bond donors (Lipinski definition) is 1. The summed E-state index contributed by atoms with van der Waals surface area (Å²) in [5.74, 6) is -0.416. The first-order valence-corrected chi connectivity index (χ1v) is 13.4. The molecule has 37 heavy (non-hydrogen) atoms. The number of thiocarbonyl (C=S) groups is 1. The van der Waals surface area contributed by atoms with Crippen LogP contribution in [-0.4, -0.2) is 24.8 Å². The van der Waals surface area contributed by atoms with Crippen LogP contribution >= 0.6 is 48.4 Å². The highest BCUT2D eigenvalue weighted by Crippen LogP contribution is 2.20. The summed E-state index contributed by atoms with van der Waals surface area (Å²) in [6, 6.07) is 26.0. The van der Waals surface area contributed by atoms with Crippen molar-refractivity contribution in [3.8, 4) is 0 Å². The highest BCUT2D eigenvalue weighted by atomic mass is 32.2. The second-order valence-electron chi connectivity index (χ2n) is 7.57. The van der Waals surface area contributed by atoms with Crippen LogP contribution in [-0.2, 0) is 0 Å². The van der Waals surface area contributed by atoms with Gasteiger partial charge >= 0.3 is 5.97 Å². The summed E-state index contributed by atoms with van der Waals surface area (Å²) in [6.07, 6.45) is 4.07. The highest BCUT2D eigenvalue weighted by molar-refractivity contribution is 8.23. The number of thioether (sulfide) groups is 1. The molecule has 2 heterocycles. The van der Waals surface area contributed by atoms with E-state index >= 15 is 0 Å². The van der Waals surface area contributed by atoms with E-state index in [4.69, 9.17) is 34.5 Å². The Bertz CT molecular complexity index is 1430. The molecule has 0 aliphatic heterocycles. The van der Waals surface area contributed by atoms with Gasteiger partial charge in [0, 0.05) is 17.3 Å². The molecule has 2 aromatic heterocycles. The molecule has 4 aromatic rings. The largest absolute Gasteiger partial charge is 0.428 e. The maximum Gasteiger partial charge on any atom is 0.363 e. The van der Waals surface area contributed by atoms with Gasteiger partial charge in [0.25, 0.3) is 0 Å². The zero-order valence-electron chi connectivity index (χ0n) is 20.7. The van der Waals surface area contributed by atoms with Gasteiger partial charge in [0.1, 0.15) is 9.28 Å². The van der Waals surface area contributed by atoms with E-state index in [1.54, 1.807) is 60.4 Å². The molecule has 0 atom stereocenters. The first kappa shape index (κ1) is 30.1. The van der Waals surface area contributed by atoms with Crippen LogP contribution < -0.4 is 4.84 Å². The monoisotopic (exact) mass is 568 g/mol. The number of rotatable bonds is 4. The van der Waals surface area contributed by atoms with Crippen LogP contribution in [0.2, 0.25) is 0 Å². The summed E-state index contributed by atoms with van der Waals surface area (Å²) in [4.78, 5) is 18.4. The van der Waals surface area contributed by atoms with E-state index in [2.05, 4.69) is 31.3 Å². The van der Waals surface area contributed by atoms with E-state index in [0.717, 1.165) is 26.5 Å². The fraction of sp³-hybridized carbons (Fsp3) is 0.143. The summed E-state index contributed by atoms with van der Waals surface area (Å²) in [5, 5.41) is 8.73. The van der Waals surface area contributed by atoms with Crippen LogP contribution in [0.4, 0.5) is 0 Å². The molecule has 0 spiro atoms. The first-order chi connectivity index (χ1) is 17.7. The molecular formula is C28H28N2O3S4. The topological polar surface area (TPSA) is 56.4 Å². The zero-order chi connectivity index (χ0) is 27.2. The lowest BCUT2D eigenvalue weighted by Gasteiger charge is -2.08. The van der Waals surface area contributed by atoms with Crippen molar-refractivity contribution in [1.29, 1.82) is 0 Å². The van der Waals surface area contributed by atoms with Gasteiger partial charge in [0.05, 0.1) is 9.76 Å². The van der Waals surface area contributed by atoms with E-state index in [-0.39, 0.29) is 0 Å². The minimum absolute atomic E-state index is 0.416. The van der Waals surface area contributed by atoms with Crippen LogP contribution in [0.1, 0.15) is 34.8 Å². The lowest BCUT2D eigenvalue weighted by atomic mass is 10.1. The van der Waals surface area contributed by atoms with Gasteiger partial charge in [-0.25, -0.2) is 4.79 Å². The Morgan fingerprint density at radius 2 is 1.49 bits per heavy atom. The second-order valence-corrected chi connectivity index (χ2v) is 10.3. The van der Waals surface area contributed by atoms with E-state index in [1.807, 2.05) is 44.2 Å². The number of pyridine rings is 2. The molecule has 0 amide bonds. The van der Waals surface area contributed by atoms with Crippen LogP contribution in [0.5, 0.6) is 0 Å². The van der Waals surface area contributed by atoms with Crippen LogP contribution in [0.3, 0.4) is 0 Å². The summed E-state index contributed by atoms with van der Waals surface area (Å²) in [6.45, 7) is 6.04.